The van der Waals surface area contributed by atoms with Crippen LogP contribution in [0.2, 0.25) is 0 Å². The standard InChI is InChI=1S/C24H22BrClN2O6S/c1-24(26)13-35-22-19(27-18(30)12-33-16-5-3-2-4-6-16)21(31)28(22)20(24)23(32)34-11-17(29)14-7-9-15(25)10-8-14/h2-10,19-20,22H,11-13H2,1H3,(H,27,30)/t19-,20+,22-,24-/m1/s1. The van der Waals surface area contributed by atoms with Crippen LogP contribution in [0.25, 0.3) is 0 Å². The van der Waals surface area contributed by atoms with Crippen LogP contribution in [-0.4, -0.2) is 69.8 Å². The van der Waals surface area contributed by atoms with Gasteiger partial charge in [-0.25, -0.2) is 4.79 Å². The molecule has 2 aliphatic heterocycles. The molecule has 4 atom stereocenters. The zero-order valence-corrected chi connectivity index (χ0v) is 21.8. The number of nitrogens with zero attached hydrogens (tertiary/aromatic N) is 1. The number of hydrogen-bond donors (Lipinski definition) is 1. The van der Waals surface area contributed by atoms with Gasteiger partial charge >= 0.3 is 5.97 Å². The highest BCUT2D eigenvalue weighted by atomic mass is 79.9. The summed E-state index contributed by atoms with van der Waals surface area (Å²) in [6.07, 6.45) is 0. The number of Topliss-reactive ketones (excluding diaryl/α,β-unsaturated/α-hetero) is 1. The maximum absolute atomic E-state index is 13.0. The summed E-state index contributed by atoms with van der Waals surface area (Å²) in [6, 6.07) is 13.6. The number of carbonyl (C=O) groups is 4. The number of para-hydroxylation sites is 1. The number of rotatable bonds is 8. The number of alkyl halides is 1. The molecule has 2 saturated heterocycles. The van der Waals surface area contributed by atoms with E-state index in [0.717, 1.165) is 4.47 Å². The Morgan fingerprint density at radius 2 is 1.83 bits per heavy atom. The number of esters is 1. The van der Waals surface area contributed by atoms with Gasteiger partial charge in [-0.1, -0.05) is 46.3 Å². The lowest BCUT2D eigenvalue weighted by Gasteiger charge is -2.56. The van der Waals surface area contributed by atoms with Gasteiger partial charge in [-0.2, -0.15) is 0 Å². The summed E-state index contributed by atoms with van der Waals surface area (Å²) in [5.41, 5.74) is 0.396. The molecule has 35 heavy (non-hydrogen) atoms. The van der Waals surface area contributed by atoms with E-state index in [9.17, 15) is 19.2 Å². The van der Waals surface area contributed by atoms with Crippen molar-refractivity contribution >= 4 is 62.9 Å². The van der Waals surface area contributed by atoms with Crippen LogP contribution in [0.15, 0.2) is 59.1 Å². The van der Waals surface area contributed by atoms with Crippen molar-refractivity contribution in [1.29, 1.82) is 0 Å². The van der Waals surface area contributed by atoms with E-state index in [1.165, 1.54) is 16.7 Å². The first-order chi connectivity index (χ1) is 16.7. The van der Waals surface area contributed by atoms with Crippen molar-refractivity contribution in [2.24, 2.45) is 0 Å². The highest BCUT2D eigenvalue weighted by Crippen LogP contribution is 2.45. The molecule has 0 unspecified atom stereocenters. The molecule has 11 heteroatoms. The van der Waals surface area contributed by atoms with Crippen molar-refractivity contribution in [3.05, 3.63) is 64.6 Å². The van der Waals surface area contributed by atoms with Crippen LogP contribution in [0.1, 0.15) is 17.3 Å². The summed E-state index contributed by atoms with van der Waals surface area (Å²) >= 11 is 11.3. The smallest absolute Gasteiger partial charge is 0.331 e. The Bertz CT molecular complexity index is 1130. The molecule has 0 spiro atoms. The maximum Gasteiger partial charge on any atom is 0.331 e. The van der Waals surface area contributed by atoms with Crippen LogP contribution in [0.4, 0.5) is 0 Å². The Morgan fingerprint density at radius 1 is 1.14 bits per heavy atom. The second-order valence-electron chi connectivity index (χ2n) is 8.31. The zero-order chi connectivity index (χ0) is 25.2. The Hall–Kier alpha value is -2.56. The SMILES string of the molecule is C[C@@]1(Cl)CS[C@@H]2[C@H](NC(=O)COc3ccccc3)C(=O)N2[C@H]1C(=O)OCC(=O)c1ccc(Br)cc1. The van der Waals surface area contributed by atoms with Gasteiger partial charge in [0, 0.05) is 15.8 Å². The summed E-state index contributed by atoms with van der Waals surface area (Å²) in [4.78, 5) is 50.8. The summed E-state index contributed by atoms with van der Waals surface area (Å²) < 4.78 is 11.5. The van der Waals surface area contributed by atoms with E-state index < -0.39 is 46.7 Å². The first-order valence-electron chi connectivity index (χ1n) is 10.7. The van der Waals surface area contributed by atoms with Gasteiger partial charge in [0.1, 0.15) is 17.2 Å². The molecule has 2 fully saturated rings. The third-order valence-electron chi connectivity index (χ3n) is 5.63. The fourth-order valence-electron chi connectivity index (χ4n) is 3.86. The van der Waals surface area contributed by atoms with Gasteiger partial charge in [-0.3, -0.25) is 14.4 Å². The van der Waals surface area contributed by atoms with Crippen LogP contribution in [-0.2, 0) is 19.1 Å². The number of nitrogens with one attached hydrogen (secondary N) is 1. The molecule has 2 heterocycles. The molecule has 4 rings (SSSR count). The minimum absolute atomic E-state index is 0.248. The molecule has 0 aliphatic carbocycles. The van der Waals surface area contributed by atoms with Crippen LogP contribution in [0.3, 0.4) is 0 Å². The number of β-lactam (4-membered cyclic amide) rings is 1. The van der Waals surface area contributed by atoms with E-state index in [1.54, 1.807) is 55.5 Å². The Balaban J connectivity index is 1.35. The van der Waals surface area contributed by atoms with E-state index in [-0.39, 0.29) is 12.4 Å². The number of benzene rings is 2. The average molecular weight is 582 g/mol. The lowest BCUT2D eigenvalue weighted by atomic mass is 9.94. The topological polar surface area (TPSA) is 102 Å². The zero-order valence-electron chi connectivity index (χ0n) is 18.6. The number of halogens is 2. The Labute approximate surface area is 219 Å². The lowest BCUT2D eigenvalue weighted by molar-refractivity contribution is -0.166. The fraction of sp³-hybridized carbons (Fsp3) is 0.333. The Kier molecular flexibility index (Phi) is 7.73. The second-order valence-corrected chi connectivity index (χ2v) is 11.2. The predicted octanol–water partition coefficient (Wildman–Crippen LogP) is 3.02. The molecule has 0 bridgehead atoms. The average Bonchev–Trinajstić information content (AvgIpc) is 2.85. The van der Waals surface area contributed by atoms with E-state index in [0.29, 0.717) is 17.1 Å². The van der Waals surface area contributed by atoms with Gasteiger partial charge in [0.15, 0.2) is 25.0 Å². The normalized spacial score (nSPS) is 25.2. The van der Waals surface area contributed by atoms with E-state index in [1.807, 2.05) is 6.07 Å². The molecule has 2 amide bonds. The van der Waals surface area contributed by atoms with E-state index in [2.05, 4.69) is 21.2 Å². The van der Waals surface area contributed by atoms with Gasteiger partial charge in [0.2, 0.25) is 5.91 Å². The number of fused-ring (bicyclic) bond motifs is 1. The summed E-state index contributed by atoms with van der Waals surface area (Å²) in [6.45, 7) is 0.927. The molecule has 184 valence electrons. The summed E-state index contributed by atoms with van der Waals surface area (Å²) in [5, 5.41) is 2.19. The fourth-order valence-corrected chi connectivity index (χ4v) is 5.93. The van der Waals surface area contributed by atoms with Crippen molar-refractivity contribution < 1.29 is 28.7 Å². The van der Waals surface area contributed by atoms with Crippen molar-refractivity contribution in [2.45, 2.75) is 29.3 Å². The molecular formula is C24H22BrClN2O6S. The van der Waals surface area contributed by atoms with Gasteiger partial charge in [-0.15, -0.1) is 23.4 Å². The highest BCUT2D eigenvalue weighted by Gasteiger charge is 2.61. The number of hydrogen-bond acceptors (Lipinski definition) is 7. The second kappa shape index (κ2) is 10.6. The summed E-state index contributed by atoms with van der Waals surface area (Å²) in [5.74, 6) is -1.15. The molecule has 2 aromatic rings. The van der Waals surface area contributed by atoms with Gasteiger partial charge in [0.25, 0.3) is 5.91 Å². The quantitative estimate of drug-likeness (QED) is 0.221. The largest absolute Gasteiger partial charge is 0.484 e. The van der Waals surface area contributed by atoms with Crippen molar-refractivity contribution in [2.75, 3.05) is 19.0 Å². The predicted molar refractivity (Wildman–Crippen MR) is 134 cm³/mol. The number of ketones is 1. The van der Waals surface area contributed by atoms with Crippen molar-refractivity contribution in [3.63, 3.8) is 0 Å². The lowest BCUT2D eigenvalue weighted by Crippen LogP contribution is -2.78. The Morgan fingerprint density at radius 3 is 2.51 bits per heavy atom. The first kappa shape index (κ1) is 25.5. The molecular weight excluding hydrogens is 560 g/mol. The van der Waals surface area contributed by atoms with Gasteiger partial charge < -0.3 is 19.7 Å². The minimum Gasteiger partial charge on any atom is -0.484 e. The van der Waals surface area contributed by atoms with Crippen LogP contribution < -0.4 is 10.1 Å². The highest BCUT2D eigenvalue weighted by molar-refractivity contribution is 9.10. The van der Waals surface area contributed by atoms with Gasteiger partial charge in [0.05, 0.1) is 4.87 Å². The molecule has 8 nitrogen and oxygen atoms in total. The molecule has 1 N–H and O–H groups in total. The van der Waals surface area contributed by atoms with Crippen LogP contribution in [0.5, 0.6) is 5.75 Å². The van der Waals surface area contributed by atoms with Crippen molar-refractivity contribution in [3.8, 4) is 5.75 Å². The number of ether oxygens (including phenoxy) is 2. The summed E-state index contributed by atoms with van der Waals surface area (Å²) in [7, 11) is 0. The minimum atomic E-state index is -1.10. The van der Waals surface area contributed by atoms with E-state index >= 15 is 0 Å². The van der Waals surface area contributed by atoms with Crippen LogP contribution in [0, 0.1) is 0 Å². The molecule has 0 saturated carbocycles. The van der Waals surface area contributed by atoms with E-state index in [4.69, 9.17) is 21.1 Å². The van der Waals surface area contributed by atoms with Crippen LogP contribution >= 0.6 is 39.3 Å². The molecule has 0 aromatic heterocycles. The first-order valence-corrected chi connectivity index (χ1v) is 12.9. The number of thioether (sulfide) groups is 1. The third-order valence-corrected chi connectivity index (χ3v) is 8.26. The van der Waals surface area contributed by atoms with Gasteiger partial charge in [-0.05, 0) is 31.2 Å². The molecule has 0 radical (unpaired) electrons. The maximum atomic E-state index is 13.0. The monoisotopic (exact) mass is 580 g/mol. The molecule has 2 aliphatic rings. The molecule has 2 aromatic carbocycles. The van der Waals surface area contributed by atoms with Crippen molar-refractivity contribution in [1.82, 2.24) is 10.2 Å². The number of amides is 2. The third kappa shape index (κ3) is 5.65. The number of carbonyl (C=O) groups excluding carboxylic acids is 4.